The molecule has 0 aliphatic heterocycles. The first-order valence-corrected chi connectivity index (χ1v) is 7.21. The maximum absolute atomic E-state index is 10.7. The molecule has 2 rings (SSSR count). The maximum Gasteiger partial charge on any atom is 0.151 e. The van der Waals surface area contributed by atoms with Crippen LogP contribution in [-0.4, -0.2) is 12.4 Å². The Labute approximate surface area is 117 Å². The van der Waals surface area contributed by atoms with Gasteiger partial charge in [0.25, 0.3) is 0 Å². The summed E-state index contributed by atoms with van der Waals surface area (Å²) in [5.74, 6) is 0.845. The van der Waals surface area contributed by atoms with Crippen LogP contribution in [0.15, 0.2) is 22.7 Å². The topological polar surface area (TPSA) is 26.3 Å². The summed E-state index contributed by atoms with van der Waals surface area (Å²) in [4.78, 5) is 10.7. The first kappa shape index (κ1) is 13.6. The lowest BCUT2D eigenvalue weighted by Gasteiger charge is -2.34. The van der Waals surface area contributed by atoms with Crippen molar-refractivity contribution in [2.75, 3.05) is 0 Å². The number of aldehydes is 1. The van der Waals surface area contributed by atoms with E-state index in [0.29, 0.717) is 17.1 Å². The normalized spacial score (nSPS) is 19.5. The third kappa shape index (κ3) is 3.35. The van der Waals surface area contributed by atoms with Crippen LogP contribution in [0.1, 0.15) is 49.9 Å². The molecule has 18 heavy (non-hydrogen) atoms. The van der Waals surface area contributed by atoms with Crippen molar-refractivity contribution in [1.29, 1.82) is 0 Å². The zero-order chi connectivity index (χ0) is 13.2. The van der Waals surface area contributed by atoms with Gasteiger partial charge in [0.1, 0.15) is 5.75 Å². The number of hydrogen-bond donors (Lipinski definition) is 0. The number of hydrogen-bond acceptors (Lipinski definition) is 2. The van der Waals surface area contributed by atoms with Gasteiger partial charge in [0.15, 0.2) is 6.29 Å². The van der Waals surface area contributed by atoms with E-state index in [2.05, 4.69) is 29.8 Å². The standard InChI is InChI=1S/C15H19BrO2/c1-15(2)7-5-12(6-8-15)18-13-4-3-11(10-17)14(16)9-13/h3-4,9-10,12H,5-8H2,1-2H3. The van der Waals surface area contributed by atoms with Gasteiger partial charge in [0.05, 0.1) is 6.10 Å². The van der Waals surface area contributed by atoms with Crippen LogP contribution < -0.4 is 4.74 Å². The van der Waals surface area contributed by atoms with Crippen LogP contribution in [0.3, 0.4) is 0 Å². The fourth-order valence-corrected chi connectivity index (χ4v) is 2.81. The Balaban J connectivity index is 1.98. The highest BCUT2D eigenvalue weighted by Crippen LogP contribution is 2.36. The van der Waals surface area contributed by atoms with Gasteiger partial charge in [-0.15, -0.1) is 0 Å². The van der Waals surface area contributed by atoms with E-state index in [0.717, 1.165) is 29.4 Å². The molecule has 1 fully saturated rings. The fourth-order valence-electron chi connectivity index (χ4n) is 2.36. The largest absolute Gasteiger partial charge is 0.490 e. The number of benzene rings is 1. The molecule has 0 radical (unpaired) electrons. The van der Waals surface area contributed by atoms with E-state index in [4.69, 9.17) is 4.74 Å². The van der Waals surface area contributed by atoms with Gasteiger partial charge >= 0.3 is 0 Å². The summed E-state index contributed by atoms with van der Waals surface area (Å²) in [6.07, 6.45) is 5.81. The van der Waals surface area contributed by atoms with E-state index in [1.54, 1.807) is 6.07 Å². The fraction of sp³-hybridized carbons (Fsp3) is 0.533. The van der Waals surface area contributed by atoms with E-state index in [-0.39, 0.29) is 0 Å². The number of carbonyl (C=O) groups is 1. The van der Waals surface area contributed by atoms with Gasteiger partial charge in [-0.25, -0.2) is 0 Å². The molecule has 0 N–H and O–H groups in total. The average molecular weight is 311 g/mol. The molecule has 1 saturated carbocycles. The Bertz CT molecular complexity index is 430. The van der Waals surface area contributed by atoms with Gasteiger partial charge in [-0.1, -0.05) is 13.8 Å². The Morgan fingerprint density at radius 2 is 2.00 bits per heavy atom. The Kier molecular flexibility index (Phi) is 4.10. The predicted molar refractivity (Wildman–Crippen MR) is 76.2 cm³/mol. The minimum absolute atomic E-state index is 0.312. The van der Waals surface area contributed by atoms with Crippen molar-refractivity contribution >= 4 is 22.2 Å². The summed E-state index contributed by atoms with van der Waals surface area (Å²) < 4.78 is 6.78. The number of ether oxygens (including phenoxy) is 1. The zero-order valence-corrected chi connectivity index (χ0v) is 12.5. The van der Waals surface area contributed by atoms with Gasteiger partial charge in [-0.05, 0) is 65.2 Å². The number of halogens is 1. The van der Waals surface area contributed by atoms with Gasteiger partial charge in [-0.3, -0.25) is 4.79 Å². The highest BCUT2D eigenvalue weighted by Gasteiger charge is 2.27. The number of carbonyl (C=O) groups excluding carboxylic acids is 1. The molecule has 98 valence electrons. The van der Waals surface area contributed by atoms with Crippen molar-refractivity contribution in [1.82, 2.24) is 0 Å². The van der Waals surface area contributed by atoms with Crippen LogP contribution in [0.5, 0.6) is 5.75 Å². The van der Waals surface area contributed by atoms with Crippen molar-refractivity contribution in [3.05, 3.63) is 28.2 Å². The van der Waals surface area contributed by atoms with Gasteiger partial charge in [-0.2, -0.15) is 0 Å². The van der Waals surface area contributed by atoms with Crippen LogP contribution in [-0.2, 0) is 0 Å². The molecule has 1 aliphatic rings. The van der Waals surface area contributed by atoms with Gasteiger partial charge in [0, 0.05) is 10.0 Å². The molecule has 1 aromatic rings. The van der Waals surface area contributed by atoms with Crippen LogP contribution in [0, 0.1) is 5.41 Å². The monoisotopic (exact) mass is 310 g/mol. The lowest BCUT2D eigenvalue weighted by atomic mass is 9.76. The van der Waals surface area contributed by atoms with Crippen molar-refractivity contribution in [2.24, 2.45) is 5.41 Å². The molecule has 0 amide bonds. The zero-order valence-electron chi connectivity index (χ0n) is 10.9. The third-order valence-corrected chi connectivity index (χ3v) is 4.37. The molecule has 0 saturated heterocycles. The average Bonchev–Trinajstić information content (AvgIpc) is 2.32. The van der Waals surface area contributed by atoms with E-state index >= 15 is 0 Å². The first-order valence-electron chi connectivity index (χ1n) is 6.41. The highest BCUT2D eigenvalue weighted by molar-refractivity contribution is 9.10. The van der Waals surface area contributed by atoms with Crippen LogP contribution in [0.2, 0.25) is 0 Å². The minimum Gasteiger partial charge on any atom is -0.490 e. The van der Waals surface area contributed by atoms with Crippen LogP contribution in [0.25, 0.3) is 0 Å². The van der Waals surface area contributed by atoms with E-state index in [1.165, 1.54) is 12.8 Å². The van der Waals surface area contributed by atoms with E-state index in [1.807, 2.05) is 12.1 Å². The van der Waals surface area contributed by atoms with Gasteiger partial charge < -0.3 is 4.74 Å². The summed E-state index contributed by atoms with van der Waals surface area (Å²) in [6, 6.07) is 5.54. The lowest BCUT2D eigenvalue weighted by molar-refractivity contribution is 0.0986. The minimum atomic E-state index is 0.312. The summed E-state index contributed by atoms with van der Waals surface area (Å²) in [7, 11) is 0. The molecule has 1 aromatic carbocycles. The van der Waals surface area contributed by atoms with E-state index in [9.17, 15) is 4.79 Å². The molecule has 0 atom stereocenters. The molecule has 0 aromatic heterocycles. The Morgan fingerprint density at radius 3 is 2.56 bits per heavy atom. The van der Waals surface area contributed by atoms with Crippen LogP contribution in [0.4, 0.5) is 0 Å². The molecular formula is C15H19BrO2. The molecule has 0 unspecified atom stereocenters. The number of rotatable bonds is 3. The van der Waals surface area contributed by atoms with Crippen LogP contribution >= 0.6 is 15.9 Å². The second-order valence-electron chi connectivity index (χ2n) is 5.78. The molecular weight excluding hydrogens is 292 g/mol. The van der Waals surface area contributed by atoms with Crippen molar-refractivity contribution in [3.63, 3.8) is 0 Å². The molecule has 1 aliphatic carbocycles. The van der Waals surface area contributed by atoms with Crippen molar-refractivity contribution in [3.8, 4) is 5.75 Å². The first-order chi connectivity index (χ1) is 8.50. The quantitative estimate of drug-likeness (QED) is 0.762. The third-order valence-electron chi connectivity index (χ3n) is 3.69. The summed E-state index contributed by atoms with van der Waals surface area (Å²) >= 11 is 3.38. The Hall–Kier alpha value is -0.830. The highest BCUT2D eigenvalue weighted by atomic mass is 79.9. The second kappa shape index (κ2) is 5.43. The molecule has 2 nitrogen and oxygen atoms in total. The maximum atomic E-state index is 10.7. The smallest absolute Gasteiger partial charge is 0.151 e. The van der Waals surface area contributed by atoms with Gasteiger partial charge in [0.2, 0.25) is 0 Å². The summed E-state index contributed by atoms with van der Waals surface area (Å²) in [5.41, 5.74) is 1.12. The Morgan fingerprint density at radius 1 is 1.33 bits per heavy atom. The molecule has 0 heterocycles. The molecule has 3 heteroatoms. The van der Waals surface area contributed by atoms with E-state index < -0.39 is 0 Å². The summed E-state index contributed by atoms with van der Waals surface area (Å²) in [6.45, 7) is 4.64. The second-order valence-corrected chi connectivity index (χ2v) is 6.64. The van der Waals surface area contributed by atoms with Crippen molar-refractivity contribution < 1.29 is 9.53 Å². The summed E-state index contributed by atoms with van der Waals surface area (Å²) in [5, 5.41) is 0. The molecule has 0 spiro atoms. The molecule has 0 bridgehead atoms. The van der Waals surface area contributed by atoms with Crippen molar-refractivity contribution in [2.45, 2.75) is 45.6 Å². The lowest BCUT2D eigenvalue weighted by Crippen LogP contribution is -2.28. The SMILES string of the molecule is CC1(C)CCC(Oc2ccc(C=O)c(Br)c2)CC1. The predicted octanol–water partition coefficient (Wildman–Crippen LogP) is 4.61.